The lowest BCUT2D eigenvalue weighted by molar-refractivity contribution is -0.384. The molecule has 0 spiro atoms. The zero-order valence-corrected chi connectivity index (χ0v) is 45.6. The predicted octanol–water partition coefficient (Wildman–Crippen LogP) is 17.1. The molecule has 72 heavy (non-hydrogen) atoms. The van der Waals surface area contributed by atoms with Crippen molar-refractivity contribution < 1.29 is 47.8 Å². The highest BCUT2D eigenvalue weighted by Gasteiger charge is 2.41. The summed E-state index contributed by atoms with van der Waals surface area (Å²) in [7, 11) is 0. The van der Waals surface area contributed by atoms with Crippen LogP contribution in [0, 0.1) is 21.4 Å². The fraction of sp³-hybridized carbons (Fsp3) is 0.700. The third-order valence-electron chi connectivity index (χ3n) is 12.7. The van der Waals surface area contributed by atoms with Crippen molar-refractivity contribution in [3.63, 3.8) is 0 Å². The Bertz CT molecular complexity index is 1620. The van der Waals surface area contributed by atoms with E-state index in [0.717, 1.165) is 122 Å². The van der Waals surface area contributed by atoms with Crippen LogP contribution in [0.2, 0.25) is 0 Å². The average Bonchev–Trinajstić information content (AvgIpc) is 3.36. The maximum absolute atomic E-state index is 13.9. The van der Waals surface area contributed by atoms with E-state index in [1.165, 1.54) is 62.8 Å². The second-order valence-electron chi connectivity index (χ2n) is 19.8. The molecule has 2 unspecified atom stereocenters. The molecule has 0 aliphatic carbocycles. The normalized spacial score (nSPS) is 12.7. The molecular weight excluding hydrogens is 911 g/mol. The minimum Gasteiger partial charge on any atom is -0.465 e. The highest BCUT2D eigenvalue weighted by Crippen LogP contribution is 2.31. The lowest BCUT2D eigenvalue weighted by Crippen LogP contribution is -2.43. The Kier molecular flexibility index (Phi) is 40.7. The molecule has 0 amide bonds. The van der Waals surface area contributed by atoms with Gasteiger partial charge in [-0.05, 0) is 116 Å². The van der Waals surface area contributed by atoms with E-state index >= 15 is 0 Å². The number of rotatable bonds is 46. The van der Waals surface area contributed by atoms with Gasteiger partial charge in [0.2, 0.25) is 0 Å². The monoisotopic (exact) mass is 1010 g/mol. The fourth-order valence-electron chi connectivity index (χ4n) is 7.93. The highest BCUT2D eigenvalue weighted by molar-refractivity contribution is 5.77. The maximum atomic E-state index is 13.9. The van der Waals surface area contributed by atoms with Crippen LogP contribution in [-0.4, -0.2) is 54.9 Å². The molecule has 0 N–H and O–H groups in total. The molecule has 1 aromatic rings. The maximum Gasteiger partial charge on any atom is 0.514 e. The molecule has 0 aliphatic heterocycles. The quantitative estimate of drug-likeness (QED) is 0.0116. The van der Waals surface area contributed by atoms with Crippen molar-refractivity contribution >= 4 is 29.8 Å². The van der Waals surface area contributed by atoms with E-state index in [2.05, 4.69) is 69.4 Å². The SMILES string of the molecule is CCCCCC=CC/C=C\CCCCCCCC(=O)OCC(COC(=O)CCCCCCC/C=C\C/C=C\CCCCC)COC(=O)C(C)(C)C(CCCCCCCC)OC(=O)Oc1ccc([N+](=O)[O-])cc1. The first kappa shape index (κ1) is 65.3. The van der Waals surface area contributed by atoms with Crippen LogP contribution in [-0.2, 0) is 33.3 Å². The lowest BCUT2D eigenvalue weighted by atomic mass is 9.83. The molecule has 0 aliphatic rings. The Balaban J connectivity index is 2.79. The van der Waals surface area contributed by atoms with Gasteiger partial charge in [-0.3, -0.25) is 24.5 Å². The van der Waals surface area contributed by atoms with E-state index in [0.29, 0.717) is 25.7 Å². The molecule has 408 valence electrons. The van der Waals surface area contributed by atoms with Crippen LogP contribution in [0.3, 0.4) is 0 Å². The first-order valence-electron chi connectivity index (χ1n) is 28.2. The largest absolute Gasteiger partial charge is 0.514 e. The molecular formula is C60H97NO11. The minimum absolute atomic E-state index is 0.0575. The van der Waals surface area contributed by atoms with Gasteiger partial charge in [0, 0.05) is 25.0 Å². The van der Waals surface area contributed by atoms with Crippen LogP contribution in [0.1, 0.15) is 234 Å². The number of ether oxygens (including phenoxy) is 5. The van der Waals surface area contributed by atoms with Gasteiger partial charge in [-0.25, -0.2) is 4.79 Å². The van der Waals surface area contributed by atoms with Gasteiger partial charge in [0.25, 0.3) is 5.69 Å². The molecule has 12 nitrogen and oxygen atoms in total. The van der Waals surface area contributed by atoms with E-state index in [1.807, 2.05) is 0 Å². The topological polar surface area (TPSA) is 158 Å². The molecule has 1 rings (SSSR count). The van der Waals surface area contributed by atoms with Crippen LogP contribution >= 0.6 is 0 Å². The van der Waals surface area contributed by atoms with E-state index < -0.39 is 34.5 Å². The number of allylic oxidation sites excluding steroid dienone is 8. The van der Waals surface area contributed by atoms with Crippen molar-refractivity contribution in [3.8, 4) is 5.75 Å². The van der Waals surface area contributed by atoms with Gasteiger partial charge in [-0.1, -0.05) is 166 Å². The summed E-state index contributed by atoms with van der Waals surface area (Å²) < 4.78 is 28.3. The van der Waals surface area contributed by atoms with E-state index in [9.17, 15) is 29.3 Å². The van der Waals surface area contributed by atoms with Gasteiger partial charge in [0.05, 0.1) is 16.3 Å². The smallest absolute Gasteiger partial charge is 0.465 e. The number of hydrogen-bond donors (Lipinski definition) is 0. The summed E-state index contributed by atoms with van der Waals surface area (Å²) in [6.45, 7) is 9.49. The zero-order chi connectivity index (χ0) is 52.8. The molecule has 0 heterocycles. The Morgan fingerprint density at radius 3 is 1.38 bits per heavy atom. The first-order chi connectivity index (χ1) is 34.9. The van der Waals surface area contributed by atoms with Crippen molar-refractivity contribution in [1.82, 2.24) is 0 Å². The average molecular weight is 1010 g/mol. The predicted molar refractivity (Wildman–Crippen MR) is 291 cm³/mol. The number of nitro groups is 1. The molecule has 12 heteroatoms. The number of hydrogen-bond acceptors (Lipinski definition) is 11. The summed E-state index contributed by atoms with van der Waals surface area (Å²) in [6.07, 6.45) is 46.6. The number of unbranched alkanes of at least 4 members (excludes halogenated alkanes) is 21. The number of nitrogens with zero attached hydrogens (tertiary/aromatic N) is 1. The Hall–Kier alpha value is -4.74. The van der Waals surface area contributed by atoms with Gasteiger partial charge in [-0.15, -0.1) is 0 Å². The number of benzene rings is 1. The van der Waals surface area contributed by atoms with Gasteiger partial charge >= 0.3 is 24.1 Å². The van der Waals surface area contributed by atoms with Crippen LogP contribution in [0.4, 0.5) is 10.5 Å². The van der Waals surface area contributed by atoms with Gasteiger partial charge in [0.1, 0.15) is 31.7 Å². The summed E-state index contributed by atoms with van der Waals surface area (Å²) in [6, 6.07) is 5.04. The summed E-state index contributed by atoms with van der Waals surface area (Å²) in [5.74, 6) is -1.90. The van der Waals surface area contributed by atoms with Gasteiger partial charge in [0.15, 0.2) is 0 Å². The molecule has 0 fully saturated rings. The van der Waals surface area contributed by atoms with Crippen molar-refractivity contribution in [3.05, 3.63) is 83.0 Å². The van der Waals surface area contributed by atoms with Crippen molar-refractivity contribution in [2.75, 3.05) is 19.8 Å². The zero-order valence-electron chi connectivity index (χ0n) is 45.6. The van der Waals surface area contributed by atoms with E-state index in [-0.39, 0.29) is 56.0 Å². The molecule has 0 radical (unpaired) electrons. The fourth-order valence-corrected chi connectivity index (χ4v) is 7.93. The van der Waals surface area contributed by atoms with Crippen LogP contribution < -0.4 is 4.74 Å². The lowest BCUT2D eigenvalue weighted by Gasteiger charge is -2.32. The highest BCUT2D eigenvalue weighted by atomic mass is 16.7. The molecule has 1 aromatic carbocycles. The summed E-state index contributed by atoms with van der Waals surface area (Å²) >= 11 is 0. The third kappa shape index (κ3) is 36.2. The Labute approximate surface area is 435 Å². The van der Waals surface area contributed by atoms with Gasteiger partial charge < -0.3 is 23.7 Å². The molecule has 2 atom stereocenters. The van der Waals surface area contributed by atoms with Crippen molar-refractivity contribution in [1.29, 1.82) is 0 Å². The summed E-state index contributed by atoms with van der Waals surface area (Å²) in [5, 5.41) is 11.1. The molecule has 0 bridgehead atoms. The van der Waals surface area contributed by atoms with Crippen molar-refractivity contribution in [2.45, 2.75) is 240 Å². The van der Waals surface area contributed by atoms with Crippen LogP contribution in [0.15, 0.2) is 72.9 Å². The summed E-state index contributed by atoms with van der Waals surface area (Å²) in [5.41, 5.74) is -1.48. The second-order valence-corrected chi connectivity index (χ2v) is 19.8. The minimum atomic E-state index is -1.32. The van der Waals surface area contributed by atoms with Gasteiger partial charge in [-0.2, -0.15) is 0 Å². The Morgan fingerprint density at radius 1 is 0.528 bits per heavy atom. The van der Waals surface area contributed by atoms with Crippen LogP contribution in [0.25, 0.3) is 0 Å². The van der Waals surface area contributed by atoms with Crippen molar-refractivity contribution in [2.24, 2.45) is 11.3 Å². The number of non-ortho nitro benzene ring substituents is 1. The van der Waals surface area contributed by atoms with E-state index in [4.69, 9.17) is 23.7 Å². The van der Waals surface area contributed by atoms with Crippen LogP contribution in [0.5, 0.6) is 5.75 Å². The Morgan fingerprint density at radius 2 is 0.917 bits per heavy atom. The molecule has 0 aromatic heterocycles. The number of nitro benzene ring substituents is 1. The third-order valence-corrected chi connectivity index (χ3v) is 12.7. The second kappa shape index (κ2) is 44.9. The first-order valence-corrected chi connectivity index (χ1v) is 28.2. The summed E-state index contributed by atoms with van der Waals surface area (Å²) in [4.78, 5) is 63.3. The molecule has 0 saturated heterocycles. The molecule has 0 saturated carbocycles. The van der Waals surface area contributed by atoms with E-state index in [1.54, 1.807) is 13.8 Å². The number of esters is 3. The standard InChI is InChI=1S/C60H97NO11/c1-6-9-12-15-18-20-22-24-26-28-30-32-34-37-40-43-56(62)68-49-52(50-69-57(63)44-41-38-35-33-31-29-27-25-23-21-19-16-13-10-7-2)51-70-58(64)60(4,5)55(42-39-36-17-14-11-8-3)72-59(65)71-54-47-45-53(46-48-54)61(66)67/h18-21,24-27,45-48,52,55H,6-17,22-23,28-44,49-51H2,1-5H3/b20-18-,21-19?,26-24-,27-25-. The number of carbonyl (C=O) groups is 4. The number of carbonyl (C=O) groups excluding carboxylic acids is 4.